The van der Waals surface area contributed by atoms with Crippen LogP contribution in [0.15, 0.2) is 34.6 Å². The van der Waals surface area contributed by atoms with Crippen molar-refractivity contribution in [1.82, 2.24) is 10.2 Å². The Kier molecular flexibility index (Phi) is 10.3. The first-order chi connectivity index (χ1) is 12.6. The van der Waals surface area contributed by atoms with E-state index in [1.807, 2.05) is 7.05 Å². The molecule has 1 aromatic heterocycles. The fourth-order valence-electron chi connectivity index (χ4n) is 2.51. The Morgan fingerprint density at radius 2 is 1.93 bits per heavy atom. The Morgan fingerprint density at radius 1 is 1.26 bits per heavy atom. The highest BCUT2D eigenvalue weighted by Gasteiger charge is 2.12. The molecule has 0 radical (unpaired) electrons. The minimum absolute atomic E-state index is 0. The van der Waals surface area contributed by atoms with E-state index in [0.29, 0.717) is 18.0 Å². The Labute approximate surface area is 182 Å². The number of phenols is 1. The third-order valence-electron chi connectivity index (χ3n) is 3.92. The number of hydrogen-bond donors (Lipinski definition) is 2. The van der Waals surface area contributed by atoms with Crippen molar-refractivity contribution < 1.29 is 14.6 Å². The molecule has 0 aliphatic rings. The molecule has 0 saturated carbocycles. The number of hydrogen-bond acceptors (Lipinski definition) is 5. The van der Waals surface area contributed by atoms with E-state index >= 15 is 0 Å². The second-order valence-electron chi connectivity index (χ2n) is 5.77. The molecule has 150 valence electrons. The van der Waals surface area contributed by atoms with Gasteiger partial charge in [-0.1, -0.05) is 6.07 Å². The van der Waals surface area contributed by atoms with Crippen LogP contribution in [-0.4, -0.2) is 50.3 Å². The van der Waals surface area contributed by atoms with E-state index in [9.17, 15) is 5.11 Å². The molecule has 0 amide bonds. The summed E-state index contributed by atoms with van der Waals surface area (Å²) in [6.07, 6.45) is 0.986. The summed E-state index contributed by atoms with van der Waals surface area (Å²) in [7, 11) is 5.07. The van der Waals surface area contributed by atoms with Gasteiger partial charge in [-0.3, -0.25) is 0 Å². The summed E-state index contributed by atoms with van der Waals surface area (Å²) >= 11 is 1.77. The first kappa shape index (κ1) is 23.4. The maximum absolute atomic E-state index is 10.0. The van der Waals surface area contributed by atoms with E-state index in [-0.39, 0.29) is 29.7 Å². The van der Waals surface area contributed by atoms with E-state index in [1.54, 1.807) is 23.5 Å². The lowest BCUT2D eigenvalue weighted by molar-refractivity contribution is 0.339. The van der Waals surface area contributed by atoms with E-state index in [0.717, 1.165) is 31.0 Å². The van der Waals surface area contributed by atoms with Gasteiger partial charge in [0.2, 0.25) is 5.75 Å². The van der Waals surface area contributed by atoms with E-state index < -0.39 is 0 Å². The number of aliphatic imine (C=N–C) groups is 1. The lowest BCUT2D eigenvalue weighted by Crippen LogP contribution is -2.39. The lowest BCUT2D eigenvalue weighted by atomic mass is 10.2. The second-order valence-corrected chi connectivity index (χ2v) is 6.80. The van der Waals surface area contributed by atoms with Crippen molar-refractivity contribution in [2.75, 3.05) is 34.4 Å². The van der Waals surface area contributed by atoms with E-state index in [1.165, 1.54) is 19.1 Å². The van der Waals surface area contributed by atoms with Crippen molar-refractivity contribution in [3.05, 3.63) is 40.1 Å². The molecule has 0 atom stereocenters. The predicted molar refractivity (Wildman–Crippen MR) is 122 cm³/mol. The van der Waals surface area contributed by atoms with Crippen molar-refractivity contribution in [3.63, 3.8) is 0 Å². The predicted octanol–water partition coefficient (Wildman–Crippen LogP) is 3.73. The normalized spacial score (nSPS) is 10.9. The molecule has 6 nitrogen and oxygen atoms in total. The average Bonchev–Trinajstić information content (AvgIpc) is 3.17. The third kappa shape index (κ3) is 6.76. The number of thiophene rings is 1. The molecule has 0 aliphatic carbocycles. The molecule has 27 heavy (non-hydrogen) atoms. The van der Waals surface area contributed by atoms with Crippen molar-refractivity contribution in [2.24, 2.45) is 4.99 Å². The molecule has 0 spiro atoms. The van der Waals surface area contributed by atoms with Gasteiger partial charge < -0.3 is 24.8 Å². The van der Waals surface area contributed by atoms with Gasteiger partial charge in [0.05, 0.1) is 20.8 Å². The molecule has 2 aromatic rings. The van der Waals surface area contributed by atoms with Gasteiger partial charge in [0.25, 0.3) is 0 Å². The second kappa shape index (κ2) is 11.9. The van der Waals surface area contributed by atoms with Crippen molar-refractivity contribution >= 4 is 41.3 Å². The van der Waals surface area contributed by atoms with Crippen molar-refractivity contribution in [2.45, 2.75) is 19.9 Å². The zero-order valence-electron chi connectivity index (χ0n) is 16.2. The van der Waals surface area contributed by atoms with Crippen LogP contribution in [0.1, 0.15) is 17.4 Å². The van der Waals surface area contributed by atoms with Crippen LogP contribution in [-0.2, 0) is 13.0 Å². The molecule has 0 aliphatic heterocycles. The zero-order chi connectivity index (χ0) is 18.9. The van der Waals surface area contributed by atoms with Crippen molar-refractivity contribution in [3.8, 4) is 17.2 Å². The Bertz CT molecular complexity index is 698. The minimum atomic E-state index is 0. The summed E-state index contributed by atoms with van der Waals surface area (Å²) in [6.45, 7) is 4.19. The van der Waals surface area contributed by atoms with Gasteiger partial charge in [-0.25, -0.2) is 4.99 Å². The summed E-state index contributed by atoms with van der Waals surface area (Å²) in [5, 5.41) is 15.4. The van der Waals surface area contributed by atoms with Crippen LogP contribution in [0.4, 0.5) is 0 Å². The SMILES string of the molecule is CCNC(=NCc1cc(OC)c(O)c(OC)c1)N(C)CCc1cccs1.I. The van der Waals surface area contributed by atoms with Crippen LogP contribution in [0.25, 0.3) is 0 Å². The van der Waals surface area contributed by atoms with Gasteiger partial charge in [0, 0.05) is 25.0 Å². The molecule has 0 saturated heterocycles. The molecule has 0 bridgehead atoms. The van der Waals surface area contributed by atoms with E-state index in [4.69, 9.17) is 14.5 Å². The van der Waals surface area contributed by atoms with Crippen LogP contribution in [0, 0.1) is 0 Å². The smallest absolute Gasteiger partial charge is 0.200 e. The summed E-state index contributed by atoms with van der Waals surface area (Å²) in [5.41, 5.74) is 0.901. The molecule has 1 heterocycles. The summed E-state index contributed by atoms with van der Waals surface area (Å²) in [4.78, 5) is 8.19. The number of nitrogens with zero attached hydrogens (tertiary/aromatic N) is 2. The van der Waals surface area contributed by atoms with Crippen LogP contribution < -0.4 is 14.8 Å². The van der Waals surface area contributed by atoms with Gasteiger partial charge in [-0.05, 0) is 42.5 Å². The average molecular weight is 505 g/mol. The van der Waals surface area contributed by atoms with Crippen LogP contribution in [0.2, 0.25) is 0 Å². The number of ether oxygens (including phenoxy) is 2. The number of nitrogens with one attached hydrogen (secondary N) is 1. The number of likely N-dealkylation sites (N-methyl/N-ethyl adjacent to an activating group) is 1. The fraction of sp³-hybridized carbons (Fsp3) is 0.421. The fourth-order valence-corrected chi connectivity index (χ4v) is 3.21. The minimum Gasteiger partial charge on any atom is -0.502 e. The summed E-state index contributed by atoms with van der Waals surface area (Å²) < 4.78 is 10.4. The van der Waals surface area contributed by atoms with Crippen LogP contribution in [0.3, 0.4) is 0 Å². The molecule has 2 rings (SSSR count). The standard InChI is InChI=1S/C19H27N3O3S.HI/c1-5-20-19(22(2)9-8-15-7-6-10-26-15)21-13-14-11-16(24-3)18(23)17(12-14)25-4;/h6-7,10-12,23H,5,8-9,13H2,1-4H3,(H,20,21);1H. The monoisotopic (exact) mass is 505 g/mol. The topological polar surface area (TPSA) is 66.3 Å². The number of halogens is 1. The summed E-state index contributed by atoms with van der Waals surface area (Å²) in [6, 6.07) is 7.77. The number of methoxy groups -OCH3 is 2. The Hall–Kier alpha value is -1.68. The number of guanidine groups is 1. The first-order valence-corrected chi connectivity index (χ1v) is 9.42. The van der Waals surface area contributed by atoms with Crippen LogP contribution >= 0.6 is 35.3 Å². The molecule has 0 unspecified atom stereocenters. The lowest BCUT2D eigenvalue weighted by Gasteiger charge is -2.22. The quantitative estimate of drug-likeness (QED) is 0.325. The Morgan fingerprint density at radius 3 is 2.44 bits per heavy atom. The Balaban J connectivity index is 0.00000364. The molecular formula is C19H28IN3O3S. The van der Waals surface area contributed by atoms with Gasteiger partial charge >= 0.3 is 0 Å². The van der Waals surface area contributed by atoms with E-state index in [2.05, 4.69) is 34.7 Å². The maximum Gasteiger partial charge on any atom is 0.200 e. The van der Waals surface area contributed by atoms with Crippen molar-refractivity contribution in [1.29, 1.82) is 0 Å². The molecule has 1 aromatic carbocycles. The molecule has 8 heteroatoms. The zero-order valence-corrected chi connectivity index (χ0v) is 19.3. The van der Waals surface area contributed by atoms with Gasteiger partial charge in [0.15, 0.2) is 17.5 Å². The summed E-state index contributed by atoms with van der Waals surface area (Å²) in [5.74, 6) is 1.61. The highest BCUT2D eigenvalue weighted by Crippen LogP contribution is 2.37. The highest BCUT2D eigenvalue weighted by molar-refractivity contribution is 14.0. The van der Waals surface area contributed by atoms with Gasteiger partial charge in [0.1, 0.15) is 0 Å². The molecular weight excluding hydrogens is 477 g/mol. The molecule has 0 fully saturated rings. The molecule has 2 N–H and O–H groups in total. The maximum atomic E-state index is 10.0. The highest BCUT2D eigenvalue weighted by atomic mass is 127. The number of phenolic OH excluding ortho intramolecular Hbond substituents is 1. The van der Waals surface area contributed by atoms with Crippen LogP contribution in [0.5, 0.6) is 17.2 Å². The third-order valence-corrected chi connectivity index (χ3v) is 4.86. The largest absolute Gasteiger partial charge is 0.502 e. The number of rotatable bonds is 8. The first-order valence-electron chi connectivity index (χ1n) is 8.54. The number of aromatic hydroxyl groups is 1. The number of benzene rings is 1. The van der Waals surface area contributed by atoms with Gasteiger partial charge in [-0.15, -0.1) is 35.3 Å². The van der Waals surface area contributed by atoms with Gasteiger partial charge in [-0.2, -0.15) is 0 Å².